The highest BCUT2D eigenvalue weighted by molar-refractivity contribution is 6.30. The molecule has 0 saturated carbocycles. The number of hydrogen-bond acceptors (Lipinski definition) is 5. The third-order valence-corrected chi connectivity index (χ3v) is 4.79. The van der Waals surface area contributed by atoms with Gasteiger partial charge < -0.3 is 14.2 Å². The SMILES string of the molecule is CCOc1cc(/C=N\NC(=O)[C@H](OC)c2ccccc2)ccc1OCc1ccc(Cl)cc1. The summed E-state index contributed by atoms with van der Waals surface area (Å²) in [5, 5.41) is 4.74. The average Bonchev–Trinajstić information content (AvgIpc) is 2.81. The van der Waals surface area contributed by atoms with Gasteiger partial charge in [0.05, 0.1) is 12.8 Å². The highest BCUT2D eigenvalue weighted by Gasteiger charge is 2.19. The number of nitrogens with one attached hydrogen (secondary N) is 1. The zero-order valence-corrected chi connectivity index (χ0v) is 18.7. The third kappa shape index (κ3) is 6.57. The second kappa shape index (κ2) is 11.9. The van der Waals surface area contributed by atoms with Gasteiger partial charge in [-0.3, -0.25) is 4.79 Å². The van der Waals surface area contributed by atoms with Crippen molar-refractivity contribution in [3.8, 4) is 11.5 Å². The van der Waals surface area contributed by atoms with E-state index in [9.17, 15) is 4.79 Å². The Kier molecular flexibility index (Phi) is 8.66. The van der Waals surface area contributed by atoms with Crippen LogP contribution in [0.15, 0.2) is 77.9 Å². The van der Waals surface area contributed by atoms with Crippen molar-refractivity contribution in [1.82, 2.24) is 5.43 Å². The first-order chi connectivity index (χ1) is 15.6. The number of hydrazone groups is 1. The van der Waals surface area contributed by atoms with Crippen LogP contribution in [-0.4, -0.2) is 25.8 Å². The number of hydrogen-bond donors (Lipinski definition) is 1. The van der Waals surface area contributed by atoms with E-state index in [0.29, 0.717) is 29.7 Å². The second-order valence-corrected chi connectivity index (χ2v) is 7.25. The van der Waals surface area contributed by atoms with Gasteiger partial charge in [0.25, 0.3) is 5.91 Å². The lowest BCUT2D eigenvalue weighted by Crippen LogP contribution is -2.26. The van der Waals surface area contributed by atoms with Gasteiger partial charge in [0.2, 0.25) is 0 Å². The van der Waals surface area contributed by atoms with Crippen LogP contribution in [0.4, 0.5) is 0 Å². The first kappa shape index (κ1) is 23.3. The van der Waals surface area contributed by atoms with Crippen molar-refractivity contribution in [2.24, 2.45) is 5.10 Å². The molecule has 7 heteroatoms. The molecule has 0 bridgehead atoms. The average molecular weight is 453 g/mol. The molecule has 32 heavy (non-hydrogen) atoms. The molecule has 0 aliphatic carbocycles. The van der Waals surface area contributed by atoms with Gasteiger partial charge in [-0.25, -0.2) is 5.43 Å². The Morgan fingerprint density at radius 1 is 1.03 bits per heavy atom. The molecule has 1 N–H and O–H groups in total. The minimum absolute atomic E-state index is 0.358. The van der Waals surface area contributed by atoms with Crippen LogP contribution in [0.1, 0.15) is 29.7 Å². The van der Waals surface area contributed by atoms with Crippen LogP contribution in [-0.2, 0) is 16.1 Å². The van der Waals surface area contributed by atoms with Gasteiger partial charge in [-0.15, -0.1) is 0 Å². The molecular formula is C25H25ClN2O4. The van der Waals surface area contributed by atoms with Crippen LogP contribution < -0.4 is 14.9 Å². The van der Waals surface area contributed by atoms with Crippen LogP contribution in [0.25, 0.3) is 0 Å². The molecule has 3 aromatic carbocycles. The van der Waals surface area contributed by atoms with Crippen molar-refractivity contribution in [3.63, 3.8) is 0 Å². The summed E-state index contributed by atoms with van der Waals surface area (Å²) in [6, 6.07) is 22.2. The van der Waals surface area contributed by atoms with Crippen LogP contribution >= 0.6 is 11.6 Å². The Balaban J connectivity index is 1.64. The number of benzene rings is 3. The standard InChI is InChI=1S/C25H25ClN2O4/c1-3-31-23-15-19(11-14-22(23)32-17-18-9-12-21(26)13-10-18)16-27-28-25(29)24(30-2)20-7-5-4-6-8-20/h4-16,24H,3,17H2,1-2H3,(H,28,29)/b27-16-/t24-/m1/s1. The van der Waals surface area contributed by atoms with E-state index in [0.717, 1.165) is 16.7 Å². The van der Waals surface area contributed by atoms with Crippen molar-refractivity contribution in [3.05, 3.63) is 94.5 Å². The predicted octanol–water partition coefficient (Wildman–Crippen LogP) is 5.16. The Morgan fingerprint density at radius 3 is 2.47 bits per heavy atom. The molecule has 6 nitrogen and oxygen atoms in total. The highest BCUT2D eigenvalue weighted by atomic mass is 35.5. The number of ether oxygens (including phenoxy) is 3. The molecule has 0 fully saturated rings. The molecule has 0 radical (unpaired) electrons. The number of methoxy groups -OCH3 is 1. The van der Waals surface area contributed by atoms with E-state index >= 15 is 0 Å². The van der Waals surface area contributed by atoms with E-state index < -0.39 is 6.10 Å². The number of halogens is 1. The summed E-state index contributed by atoms with van der Waals surface area (Å²) in [5.41, 5.74) is 5.02. The summed E-state index contributed by atoms with van der Waals surface area (Å²) in [6.07, 6.45) is 0.803. The number of carbonyl (C=O) groups excluding carboxylic acids is 1. The summed E-state index contributed by atoms with van der Waals surface area (Å²) in [6.45, 7) is 2.78. The Labute approximate surface area is 192 Å². The van der Waals surface area contributed by atoms with Crippen LogP contribution in [0.5, 0.6) is 11.5 Å². The first-order valence-corrected chi connectivity index (χ1v) is 10.5. The molecule has 1 atom stereocenters. The van der Waals surface area contributed by atoms with Crippen LogP contribution in [0.2, 0.25) is 5.02 Å². The van der Waals surface area contributed by atoms with E-state index in [1.807, 2.05) is 73.7 Å². The maximum absolute atomic E-state index is 12.4. The van der Waals surface area contributed by atoms with Crippen LogP contribution in [0.3, 0.4) is 0 Å². The van der Waals surface area contributed by atoms with Crippen molar-refractivity contribution >= 4 is 23.7 Å². The maximum Gasteiger partial charge on any atom is 0.273 e. The Morgan fingerprint density at radius 2 is 1.78 bits per heavy atom. The zero-order valence-electron chi connectivity index (χ0n) is 18.0. The molecule has 166 valence electrons. The summed E-state index contributed by atoms with van der Waals surface area (Å²) >= 11 is 5.92. The lowest BCUT2D eigenvalue weighted by molar-refractivity contribution is -0.131. The smallest absolute Gasteiger partial charge is 0.273 e. The van der Waals surface area contributed by atoms with E-state index in [-0.39, 0.29) is 5.91 Å². The molecular weight excluding hydrogens is 428 g/mol. The number of rotatable bonds is 10. The van der Waals surface area contributed by atoms with Gasteiger partial charge in [-0.2, -0.15) is 5.10 Å². The minimum atomic E-state index is -0.740. The quantitative estimate of drug-likeness (QED) is 0.341. The summed E-state index contributed by atoms with van der Waals surface area (Å²) < 4.78 is 16.9. The number of amides is 1. The van der Waals surface area contributed by atoms with Crippen molar-refractivity contribution in [1.29, 1.82) is 0 Å². The molecule has 0 unspecified atom stereocenters. The lowest BCUT2D eigenvalue weighted by Gasteiger charge is -2.14. The molecule has 0 aliphatic rings. The largest absolute Gasteiger partial charge is 0.490 e. The fourth-order valence-electron chi connectivity index (χ4n) is 2.99. The molecule has 3 rings (SSSR count). The van der Waals surface area contributed by atoms with Crippen molar-refractivity contribution in [2.45, 2.75) is 19.6 Å². The molecule has 3 aromatic rings. The summed E-state index contributed by atoms with van der Waals surface area (Å²) in [4.78, 5) is 12.4. The first-order valence-electron chi connectivity index (χ1n) is 10.2. The van der Waals surface area contributed by atoms with Crippen molar-refractivity contribution in [2.75, 3.05) is 13.7 Å². The second-order valence-electron chi connectivity index (χ2n) is 6.82. The Bertz CT molecular complexity index is 1040. The minimum Gasteiger partial charge on any atom is -0.490 e. The topological polar surface area (TPSA) is 69.2 Å². The molecule has 0 heterocycles. The molecule has 0 spiro atoms. The lowest BCUT2D eigenvalue weighted by atomic mass is 10.1. The zero-order chi connectivity index (χ0) is 22.8. The highest BCUT2D eigenvalue weighted by Crippen LogP contribution is 2.29. The predicted molar refractivity (Wildman–Crippen MR) is 125 cm³/mol. The summed E-state index contributed by atoms with van der Waals surface area (Å²) in [7, 11) is 1.48. The normalized spacial score (nSPS) is 11.8. The van der Waals surface area contributed by atoms with E-state index in [1.54, 1.807) is 12.3 Å². The van der Waals surface area contributed by atoms with Gasteiger partial charge in [0.1, 0.15) is 6.61 Å². The van der Waals surface area contributed by atoms with E-state index in [2.05, 4.69) is 10.5 Å². The number of carbonyl (C=O) groups is 1. The molecule has 0 aromatic heterocycles. The van der Waals surface area contributed by atoms with E-state index in [4.69, 9.17) is 25.8 Å². The van der Waals surface area contributed by atoms with Gasteiger partial charge in [-0.05, 0) is 53.9 Å². The van der Waals surface area contributed by atoms with Crippen molar-refractivity contribution < 1.29 is 19.0 Å². The van der Waals surface area contributed by atoms with Gasteiger partial charge in [-0.1, -0.05) is 54.1 Å². The fourth-order valence-corrected chi connectivity index (χ4v) is 3.11. The summed E-state index contributed by atoms with van der Waals surface area (Å²) in [5.74, 6) is 0.852. The monoisotopic (exact) mass is 452 g/mol. The maximum atomic E-state index is 12.4. The fraction of sp³-hybridized carbons (Fsp3) is 0.200. The third-order valence-electron chi connectivity index (χ3n) is 4.54. The Hall–Kier alpha value is -3.35. The van der Waals surface area contributed by atoms with Gasteiger partial charge >= 0.3 is 0 Å². The van der Waals surface area contributed by atoms with E-state index in [1.165, 1.54) is 7.11 Å². The number of nitrogens with zero attached hydrogens (tertiary/aromatic N) is 1. The van der Waals surface area contributed by atoms with Gasteiger partial charge in [0.15, 0.2) is 17.6 Å². The van der Waals surface area contributed by atoms with Crippen LogP contribution in [0, 0.1) is 0 Å². The molecule has 1 amide bonds. The van der Waals surface area contributed by atoms with Gasteiger partial charge in [0, 0.05) is 12.1 Å². The molecule has 0 aliphatic heterocycles. The molecule has 0 saturated heterocycles.